The van der Waals surface area contributed by atoms with Gasteiger partial charge < -0.3 is 9.47 Å². The molecule has 1 aromatic rings. The molecule has 0 spiro atoms. The maximum Gasteiger partial charge on any atom is 0.315 e. The van der Waals surface area contributed by atoms with Gasteiger partial charge in [0.1, 0.15) is 5.75 Å². The van der Waals surface area contributed by atoms with Gasteiger partial charge in [0.2, 0.25) is 0 Å². The lowest BCUT2D eigenvalue weighted by Crippen LogP contribution is -2.42. The van der Waals surface area contributed by atoms with Crippen LogP contribution in [0.4, 0.5) is 0 Å². The SMILES string of the molecule is CC12CC3C(=O)Oc4ccccc4C3CC1(C)O2. The number of benzene rings is 1. The molecule has 3 nitrogen and oxygen atoms in total. The first-order valence-electron chi connectivity index (χ1n) is 6.53. The van der Waals surface area contributed by atoms with E-state index in [9.17, 15) is 4.79 Å². The van der Waals surface area contributed by atoms with E-state index in [0.29, 0.717) is 0 Å². The molecule has 4 unspecified atom stereocenters. The van der Waals surface area contributed by atoms with Crippen LogP contribution in [-0.4, -0.2) is 17.2 Å². The molecule has 2 aliphatic heterocycles. The molecule has 0 N–H and O–H groups in total. The molecule has 18 heavy (non-hydrogen) atoms. The number of carbonyl (C=O) groups excluding carboxylic acids is 1. The van der Waals surface area contributed by atoms with Gasteiger partial charge in [-0.1, -0.05) is 18.2 Å². The molecular formula is C15H16O3. The summed E-state index contributed by atoms with van der Waals surface area (Å²) >= 11 is 0. The molecule has 94 valence electrons. The van der Waals surface area contributed by atoms with E-state index in [4.69, 9.17) is 9.47 Å². The second-order valence-electron chi connectivity index (χ2n) is 6.14. The second kappa shape index (κ2) is 2.97. The molecule has 2 fully saturated rings. The van der Waals surface area contributed by atoms with Crippen LogP contribution in [0, 0.1) is 5.92 Å². The number of hydrogen-bond acceptors (Lipinski definition) is 3. The molecule has 1 saturated carbocycles. The summed E-state index contributed by atoms with van der Waals surface area (Å²) in [5.41, 5.74) is 0.985. The zero-order chi connectivity index (χ0) is 12.5. The van der Waals surface area contributed by atoms with E-state index in [2.05, 4.69) is 19.9 Å². The first-order valence-corrected chi connectivity index (χ1v) is 6.53. The normalized spacial score (nSPS) is 44.4. The fourth-order valence-corrected chi connectivity index (χ4v) is 3.75. The van der Waals surface area contributed by atoms with E-state index in [-0.39, 0.29) is 29.0 Å². The first kappa shape index (κ1) is 10.6. The lowest BCUT2D eigenvalue weighted by molar-refractivity contribution is -0.142. The Balaban J connectivity index is 1.80. The van der Waals surface area contributed by atoms with E-state index in [1.165, 1.54) is 5.56 Å². The topological polar surface area (TPSA) is 38.8 Å². The van der Waals surface area contributed by atoms with Gasteiger partial charge in [0.05, 0.1) is 17.1 Å². The highest BCUT2D eigenvalue weighted by Gasteiger charge is 2.69. The standard InChI is InChI=1S/C15H16O3/c1-14-7-10-9-5-3-4-6-12(9)17-13(16)11(10)8-15(14,2)18-14/h3-6,10-11H,7-8H2,1-2H3. The minimum atomic E-state index is -0.126. The van der Waals surface area contributed by atoms with Gasteiger partial charge in [0, 0.05) is 5.92 Å². The number of fused-ring (bicyclic) bond motifs is 4. The van der Waals surface area contributed by atoms with Gasteiger partial charge in [-0.05, 0) is 38.3 Å². The number of rotatable bonds is 0. The van der Waals surface area contributed by atoms with Crippen LogP contribution in [-0.2, 0) is 9.53 Å². The Bertz CT molecular complexity index is 552. The summed E-state index contributed by atoms with van der Waals surface area (Å²) in [7, 11) is 0. The van der Waals surface area contributed by atoms with Crippen molar-refractivity contribution in [2.75, 3.05) is 0 Å². The van der Waals surface area contributed by atoms with Gasteiger partial charge in [-0.25, -0.2) is 0 Å². The Kier molecular flexibility index (Phi) is 1.74. The van der Waals surface area contributed by atoms with Crippen LogP contribution in [0.1, 0.15) is 38.2 Å². The highest BCUT2D eigenvalue weighted by atomic mass is 16.6. The van der Waals surface area contributed by atoms with Crippen molar-refractivity contribution in [3.05, 3.63) is 29.8 Å². The van der Waals surface area contributed by atoms with Crippen molar-refractivity contribution < 1.29 is 14.3 Å². The van der Waals surface area contributed by atoms with Gasteiger partial charge in [-0.15, -0.1) is 0 Å². The van der Waals surface area contributed by atoms with E-state index in [0.717, 1.165) is 18.6 Å². The molecule has 3 heteroatoms. The van der Waals surface area contributed by atoms with Gasteiger partial charge in [-0.2, -0.15) is 0 Å². The fourth-order valence-electron chi connectivity index (χ4n) is 3.75. The quantitative estimate of drug-likeness (QED) is 0.400. The van der Waals surface area contributed by atoms with Crippen LogP contribution in [0.2, 0.25) is 0 Å². The second-order valence-corrected chi connectivity index (χ2v) is 6.14. The van der Waals surface area contributed by atoms with Crippen molar-refractivity contribution >= 4 is 5.97 Å². The average molecular weight is 244 g/mol. The van der Waals surface area contributed by atoms with Crippen molar-refractivity contribution in [3.8, 4) is 5.75 Å². The van der Waals surface area contributed by atoms with Crippen LogP contribution < -0.4 is 4.74 Å². The molecule has 2 heterocycles. The third-order valence-corrected chi connectivity index (χ3v) is 5.06. The van der Waals surface area contributed by atoms with Crippen molar-refractivity contribution in [2.24, 2.45) is 5.92 Å². The third-order valence-electron chi connectivity index (χ3n) is 5.06. The van der Waals surface area contributed by atoms with Crippen LogP contribution in [0.3, 0.4) is 0 Å². The lowest BCUT2D eigenvalue weighted by atomic mass is 9.66. The Morgan fingerprint density at radius 3 is 2.56 bits per heavy atom. The fraction of sp³-hybridized carbons (Fsp3) is 0.533. The zero-order valence-corrected chi connectivity index (χ0v) is 10.6. The molecule has 0 bridgehead atoms. The van der Waals surface area contributed by atoms with E-state index in [1.54, 1.807) is 0 Å². The molecular weight excluding hydrogens is 228 g/mol. The minimum Gasteiger partial charge on any atom is -0.426 e. The lowest BCUT2D eigenvalue weighted by Gasteiger charge is -2.37. The van der Waals surface area contributed by atoms with Crippen molar-refractivity contribution in [1.29, 1.82) is 0 Å². The van der Waals surface area contributed by atoms with Gasteiger partial charge in [0.15, 0.2) is 0 Å². The number of ether oxygens (including phenoxy) is 2. The van der Waals surface area contributed by atoms with Crippen molar-refractivity contribution in [3.63, 3.8) is 0 Å². The van der Waals surface area contributed by atoms with Gasteiger partial charge in [-0.3, -0.25) is 4.79 Å². The van der Waals surface area contributed by atoms with Gasteiger partial charge >= 0.3 is 5.97 Å². The summed E-state index contributed by atoms with van der Waals surface area (Å²) in [5.74, 6) is 0.859. The molecule has 1 saturated heterocycles. The monoisotopic (exact) mass is 244 g/mol. The molecule has 3 aliphatic rings. The summed E-state index contributed by atoms with van der Waals surface area (Å²) in [4.78, 5) is 12.1. The number of hydrogen-bond donors (Lipinski definition) is 0. The van der Waals surface area contributed by atoms with Crippen LogP contribution in [0.5, 0.6) is 5.75 Å². The van der Waals surface area contributed by atoms with Crippen LogP contribution in [0.25, 0.3) is 0 Å². The predicted molar refractivity (Wildman–Crippen MR) is 65.4 cm³/mol. The molecule has 4 rings (SSSR count). The molecule has 1 aliphatic carbocycles. The largest absolute Gasteiger partial charge is 0.426 e. The summed E-state index contributed by atoms with van der Waals surface area (Å²) in [6.45, 7) is 4.27. The highest BCUT2D eigenvalue weighted by molar-refractivity contribution is 5.80. The Morgan fingerprint density at radius 1 is 1.11 bits per heavy atom. The summed E-state index contributed by atoms with van der Waals surface area (Å²) in [6, 6.07) is 7.88. The maximum absolute atomic E-state index is 12.1. The third kappa shape index (κ3) is 1.15. The first-order chi connectivity index (χ1) is 8.52. The summed E-state index contributed by atoms with van der Waals surface area (Å²) in [6.07, 6.45) is 1.70. The number of para-hydroxylation sites is 1. The number of esters is 1. The van der Waals surface area contributed by atoms with Gasteiger partial charge in [0.25, 0.3) is 0 Å². The van der Waals surface area contributed by atoms with E-state index in [1.807, 2.05) is 18.2 Å². The summed E-state index contributed by atoms with van der Waals surface area (Å²) in [5, 5.41) is 0. The molecule has 1 aromatic carbocycles. The average Bonchev–Trinajstić information content (AvgIpc) is 2.89. The smallest absolute Gasteiger partial charge is 0.315 e. The molecule has 0 aromatic heterocycles. The predicted octanol–water partition coefficient (Wildman–Crippen LogP) is 2.65. The Hall–Kier alpha value is -1.35. The summed E-state index contributed by atoms with van der Waals surface area (Å²) < 4.78 is 11.4. The number of epoxide rings is 1. The molecule has 4 atom stereocenters. The Labute approximate surface area is 106 Å². The van der Waals surface area contributed by atoms with Crippen molar-refractivity contribution in [1.82, 2.24) is 0 Å². The van der Waals surface area contributed by atoms with E-state index >= 15 is 0 Å². The highest BCUT2D eigenvalue weighted by Crippen LogP contribution is 2.63. The van der Waals surface area contributed by atoms with Crippen LogP contribution in [0.15, 0.2) is 24.3 Å². The van der Waals surface area contributed by atoms with Crippen molar-refractivity contribution in [2.45, 2.75) is 43.8 Å². The van der Waals surface area contributed by atoms with E-state index < -0.39 is 0 Å². The Morgan fingerprint density at radius 2 is 1.78 bits per heavy atom. The van der Waals surface area contributed by atoms with Crippen LogP contribution >= 0.6 is 0 Å². The molecule has 0 radical (unpaired) electrons. The number of carbonyl (C=O) groups is 1. The zero-order valence-electron chi connectivity index (χ0n) is 10.6. The minimum absolute atomic E-state index is 0.0412. The molecule has 0 amide bonds. The maximum atomic E-state index is 12.1.